The summed E-state index contributed by atoms with van der Waals surface area (Å²) in [6, 6.07) is 7.85. The number of fused-ring (bicyclic) bond motifs is 3. The lowest BCUT2D eigenvalue weighted by Crippen LogP contribution is -1.97. The van der Waals surface area contributed by atoms with Crippen LogP contribution in [0.25, 0.3) is 11.3 Å². The molecule has 0 unspecified atom stereocenters. The lowest BCUT2D eigenvalue weighted by atomic mass is 10.1. The molecule has 78 valence electrons. The topological polar surface area (TPSA) is 38.1 Å². The van der Waals surface area contributed by atoms with Crippen LogP contribution in [-0.2, 0) is 6.42 Å². The van der Waals surface area contributed by atoms with Crippen molar-refractivity contribution in [3.8, 4) is 11.3 Å². The zero-order valence-electron chi connectivity index (χ0n) is 8.39. The zero-order valence-corrected chi connectivity index (χ0v) is 9.15. The van der Waals surface area contributed by atoms with Crippen LogP contribution in [0.5, 0.6) is 0 Å². The van der Waals surface area contributed by atoms with Gasteiger partial charge >= 0.3 is 0 Å². The molecule has 2 aromatic rings. The zero-order chi connectivity index (χ0) is 11.0. The highest BCUT2D eigenvalue weighted by molar-refractivity contribution is 6.66. The Balaban J connectivity index is 2.34. The molecule has 0 atom stereocenters. The van der Waals surface area contributed by atoms with E-state index in [1.54, 1.807) is 12.5 Å². The maximum absolute atomic E-state index is 6.07. The molecule has 2 heterocycles. The van der Waals surface area contributed by atoms with Gasteiger partial charge in [0.05, 0.1) is 11.4 Å². The van der Waals surface area contributed by atoms with Crippen LogP contribution in [-0.4, -0.2) is 15.1 Å². The number of hydrogen-bond acceptors (Lipinski definition) is 3. The predicted molar refractivity (Wildman–Crippen MR) is 64.1 cm³/mol. The van der Waals surface area contributed by atoms with E-state index in [-0.39, 0.29) is 0 Å². The molecule has 0 aliphatic carbocycles. The Morgan fingerprint density at radius 1 is 1.19 bits per heavy atom. The molecule has 1 aromatic carbocycles. The Morgan fingerprint density at radius 2 is 2.06 bits per heavy atom. The molecular weight excluding hydrogens is 222 g/mol. The van der Waals surface area contributed by atoms with E-state index in [0.717, 1.165) is 22.5 Å². The first-order chi connectivity index (χ1) is 7.84. The average Bonchev–Trinajstić information content (AvgIpc) is 2.44. The van der Waals surface area contributed by atoms with Crippen LogP contribution in [0, 0.1) is 0 Å². The van der Waals surface area contributed by atoms with Crippen LogP contribution in [0.1, 0.15) is 5.56 Å². The van der Waals surface area contributed by atoms with Gasteiger partial charge in [0.15, 0.2) is 0 Å². The summed E-state index contributed by atoms with van der Waals surface area (Å²) in [4.78, 5) is 12.7. The van der Waals surface area contributed by atoms with E-state index in [1.165, 1.54) is 0 Å². The summed E-state index contributed by atoms with van der Waals surface area (Å²) >= 11 is 6.07. The molecule has 3 rings (SSSR count). The van der Waals surface area contributed by atoms with E-state index < -0.39 is 0 Å². The van der Waals surface area contributed by atoms with E-state index in [1.807, 2.05) is 24.3 Å². The number of hydrogen-bond donors (Lipinski definition) is 0. The fourth-order valence-electron chi connectivity index (χ4n) is 1.83. The number of aliphatic imine (C=N–C) groups is 1. The number of halogens is 1. The molecule has 1 aliphatic rings. The average molecular weight is 230 g/mol. The van der Waals surface area contributed by atoms with Crippen molar-refractivity contribution < 1.29 is 0 Å². The summed E-state index contributed by atoms with van der Waals surface area (Å²) in [7, 11) is 0. The number of para-hydroxylation sites is 1. The highest BCUT2D eigenvalue weighted by Gasteiger charge is 2.15. The van der Waals surface area contributed by atoms with Crippen molar-refractivity contribution in [3.05, 3.63) is 42.4 Å². The highest BCUT2D eigenvalue weighted by atomic mass is 35.5. The van der Waals surface area contributed by atoms with E-state index in [9.17, 15) is 0 Å². The fourth-order valence-corrected chi connectivity index (χ4v) is 2.06. The first kappa shape index (κ1) is 9.48. The third kappa shape index (κ3) is 1.49. The minimum absolute atomic E-state index is 0.570. The summed E-state index contributed by atoms with van der Waals surface area (Å²) < 4.78 is 0. The summed E-state index contributed by atoms with van der Waals surface area (Å²) in [5.41, 5.74) is 3.81. The predicted octanol–water partition coefficient (Wildman–Crippen LogP) is 2.97. The Morgan fingerprint density at radius 3 is 3.00 bits per heavy atom. The largest absolute Gasteiger partial charge is 0.244 e. The van der Waals surface area contributed by atoms with E-state index in [4.69, 9.17) is 11.6 Å². The minimum Gasteiger partial charge on any atom is -0.244 e. The van der Waals surface area contributed by atoms with Crippen molar-refractivity contribution in [1.29, 1.82) is 0 Å². The number of nitrogens with zero attached hydrogens (tertiary/aromatic N) is 3. The van der Waals surface area contributed by atoms with Gasteiger partial charge in [0, 0.05) is 23.7 Å². The smallest absolute Gasteiger partial charge is 0.116 e. The Bertz CT molecular complexity index is 578. The van der Waals surface area contributed by atoms with Gasteiger partial charge in [-0.05, 0) is 6.07 Å². The Labute approximate surface area is 97.9 Å². The summed E-state index contributed by atoms with van der Waals surface area (Å²) in [6.07, 6.45) is 3.93. The molecule has 0 N–H and O–H groups in total. The molecule has 1 aromatic heterocycles. The molecule has 0 saturated heterocycles. The summed E-state index contributed by atoms with van der Waals surface area (Å²) in [6.45, 7) is 0. The fraction of sp³-hybridized carbons (Fsp3) is 0.0833. The van der Waals surface area contributed by atoms with E-state index in [0.29, 0.717) is 11.6 Å². The second kappa shape index (κ2) is 3.68. The molecule has 0 bridgehead atoms. The standard InChI is InChI=1S/C12H8ClN3/c13-11-5-8-6-14-7-15-12(8)9-3-1-2-4-10(9)16-11/h1-4,6-7H,5H2. The number of rotatable bonds is 0. The van der Waals surface area contributed by atoms with Crippen LogP contribution >= 0.6 is 11.6 Å². The molecule has 4 heteroatoms. The van der Waals surface area contributed by atoms with Crippen LogP contribution in [0.3, 0.4) is 0 Å². The second-order valence-corrected chi connectivity index (χ2v) is 4.01. The molecule has 1 aliphatic heterocycles. The monoisotopic (exact) mass is 229 g/mol. The minimum atomic E-state index is 0.570. The third-order valence-electron chi connectivity index (χ3n) is 2.53. The number of benzene rings is 1. The third-order valence-corrected chi connectivity index (χ3v) is 2.74. The van der Waals surface area contributed by atoms with Gasteiger partial charge in [-0.2, -0.15) is 0 Å². The van der Waals surface area contributed by atoms with Gasteiger partial charge in [0.25, 0.3) is 0 Å². The molecule has 0 fully saturated rings. The van der Waals surface area contributed by atoms with Crippen molar-refractivity contribution in [2.45, 2.75) is 6.42 Å². The molecule has 3 nitrogen and oxygen atoms in total. The Kier molecular flexibility index (Phi) is 2.18. The van der Waals surface area contributed by atoms with Crippen molar-refractivity contribution in [2.75, 3.05) is 0 Å². The van der Waals surface area contributed by atoms with Crippen molar-refractivity contribution in [3.63, 3.8) is 0 Å². The van der Waals surface area contributed by atoms with Crippen molar-refractivity contribution in [1.82, 2.24) is 9.97 Å². The lowest BCUT2D eigenvalue weighted by molar-refractivity contribution is 1.12. The molecule has 0 spiro atoms. The SMILES string of the molecule is ClC1=Nc2ccccc2-c2ncncc2C1. The van der Waals surface area contributed by atoms with Crippen LogP contribution in [0.15, 0.2) is 41.8 Å². The van der Waals surface area contributed by atoms with Gasteiger partial charge in [0.1, 0.15) is 11.5 Å². The second-order valence-electron chi connectivity index (χ2n) is 3.58. The molecule has 0 radical (unpaired) electrons. The molecule has 0 amide bonds. The maximum atomic E-state index is 6.07. The van der Waals surface area contributed by atoms with E-state index in [2.05, 4.69) is 15.0 Å². The van der Waals surface area contributed by atoms with Crippen molar-refractivity contribution >= 4 is 22.5 Å². The lowest BCUT2D eigenvalue weighted by Gasteiger charge is -2.04. The van der Waals surface area contributed by atoms with Gasteiger partial charge in [-0.3, -0.25) is 0 Å². The van der Waals surface area contributed by atoms with Gasteiger partial charge in [0.2, 0.25) is 0 Å². The van der Waals surface area contributed by atoms with Crippen LogP contribution in [0.4, 0.5) is 5.69 Å². The highest BCUT2D eigenvalue weighted by Crippen LogP contribution is 2.33. The van der Waals surface area contributed by atoms with Crippen molar-refractivity contribution in [2.24, 2.45) is 4.99 Å². The normalized spacial score (nSPS) is 13.4. The van der Waals surface area contributed by atoms with Gasteiger partial charge in [-0.15, -0.1) is 0 Å². The van der Waals surface area contributed by atoms with Crippen LogP contribution < -0.4 is 0 Å². The quantitative estimate of drug-likeness (QED) is 0.697. The summed E-state index contributed by atoms with van der Waals surface area (Å²) in [5.74, 6) is 0. The van der Waals surface area contributed by atoms with E-state index >= 15 is 0 Å². The van der Waals surface area contributed by atoms with Crippen LogP contribution in [0.2, 0.25) is 0 Å². The summed E-state index contributed by atoms with van der Waals surface area (Å²) in [5, 5.41) is 0.570. The molecule has 0 saturated carbocycles. The van der Waals surface area contributed by atoms with Gasteiger partial charge < -0.3 is 0 Å². The van der Waals surface area contributed by atoms with Gasteiger partial charge in [-0.1, -0.05) is 29.8 Å². The number of aromatic nitrogens is 2. The molecular formula is C12H8ClN3. The molecule has 16 heavy (non-hydrogen) atoms. The maximum Gasteiger partial charge on any atom is 0.116 e. The van der Waals surface area contributed by atoms with Gasteiger partial charge in [-0.25, -0.2) is 15.0 Å². The first-order valence-corrected chi connectivity index (χ1v) is 5.34. The first-order valence-electron chi connectivity index (χ1n) is 4.96. The Hall–Kier alpha value is -1.74.